The van der Waals surface area contributed by atoms with Crippen molar-refractivity contribution in [2.45, 2.75) is 51.7 Å². The van der Waals surface area contributed by atoms with Crippen LogP contribution in [0.5, 0.6) is 0 Å². The Morgan fingerprint density at radius 3 is 2.62 bits per heavy atom. The number of nitrogens with zero attached hydrogens (tertiary/aromatic N) is 1. The SMILES string of the molecule is CC(C)(C)OC(=O)N1CCC[C@H]1C(=O)Cc1cccc(C(=O)O)c1. The fraction of sp³-hybridized carbons (Fsp3) is 0.500. The first-order valence-corrected chi connectivity index (χ1v) is 8.02. The second-order valence-corrected chi connectivity index (χ2v) is 6.98. The molecule has 1 atom stereocenters. The number of aromatic carboxylic acids is 1. The van der Waals surface area contributed by atoms with Crippen molar-refractivity contribution in [3.63, 3.8) is 0 Å². The monoisotopic (exact) mass is 333 g/mol. The quantitative estimate of drug-likeness (QED) is 0.916. The fourth-order valence-corrected chi connectivity index (χ4v) is 2.77. The van der Waals surface area contributed by atoms with E-state index in [4.69, 9.17) is 9.84 Å². The predicted molar refractivity (Wildman–Crippen MR) is 88.1 cm³/mol. The number of benzene rings is 1. The molecule has 0 bridgehead atoms. The molecular formula is C18H23NO5. The molecule has 1 fully saturated rings. The van der Waals surface area contributed by atoms with Gasteiger partial charge in [-0.05, 0) is 51.3 Å². The molecule has 1 aromatic carbocycles. The third kappa shape index (κ3) is 4.57. The van der Waals surface area contributed by atoms with Gasteiger partial charge in [0.2, 0.25) is 0 Å². The lowest BCUT2D eigenvalue weighted by molar-refractivity contribution is -0.122. The number of carbonyl (C=O) groups excluding carboxylic acids is 2. The van der Waals surface area contributed by atoms with E-state index in [-0.39, 0.29) is 17.8 Å². The topological polar surface area (TPSA) is 83.9 Å². The first-order valence-electron chi connectivity index (χ1n) is 8.02. The number of hydrogen-bond acceptors (Lipinski definition) is 4. The Labute approximate surface area is 141 Å². The van der Waals surface area contributed by atoms with Crippen LogP contribution in [0.1, 0.15) is 49.5 Å². The summed E-state index contributed by atoms with van der Waals surface area (Å²) in [6.45, 7) is 5.86. The van der Waals surface area contributed by atoms with Crippen LogP contribution in [0.2, 0.25) is 0 Å². The van der Waals surface area contributed by atoms with E-state index in [0.717, 1.165) is 6.42 Å². The zero-order chi connectivity index (χ0) is 17.9. The van der Waals surface area contributed by atoms with Crippen LogP contribution >= 0.6 is 0 Å². The van der Waals surface area contributed by atoms with Gasteiger partial charge in [-0.2, -0.15) is 0 Å². The van der Waals surface area contributed by atoms with Crippen LogP contribution in [0.25, 0.3) is 0 Å². The molecule has 0 saturated carbocycles. The molecule has 24 heavy (non-hydrogen) atoms. The number of ether oxygens (including phenoxy) is 1. The van der Waals surface area contributed by atoms with Gasteiger partial charge in [0.15, 0.2) is 5.78 Å². The van der Waals surface area contributed by atoms with Gasteiger partial charge in [0.05, 0.1) is 11.6 Å². The molecule has 0 radical (unpaired) electrons. The van der Waals surface area contributed by atoms with Crippen LogP contribution in [0.3, 0.4) is 0 Å². The molecule has 1 N–H and O–H groups in total. The Bertz CT molecular complexity index is 647. The van der Waals surface area contributed by atoms with Crippen molar-refractivity contribution in [1.82, 2.24) is 4.90 Å². The number of carbonyl (C=O) groups is 3. The zero-order valence-corrected chi connectivity index (χ0v) is 14.2. The van der Waals surface area contributed by atoms with Crippen molar-refractivity contribution in [2.75, 3.05) is 6.54 Å². The summed E-state index contributed by atoms with van der Waals surface area (Å²) in [6.07, 6.45) is 0.990. The molecule has 0 aliphatic carbocycles. The first-order chi connectivity index (χ1) is 11.2. The summed E-state index contributed by atoms with van der Waals surface area (Å²) in [5, 5.41) is 9.02. The van der Waals surface area contributed by atoms with Crippen LogP contribution in [0.15, 0.2) is 24.3 Å². The molecule has 130 valence electrons. The van der Waals surface area contributed by atoms with E-state index in [1.54, 1.807) is 32.9 Å². The Kier molecular flexibility index (Phi) is 5.26. The molecule has 0 unspecified atom stereocenters. The van der Waals surface area contributed by atoms with E-state index >= 15 is 0 Å². The minimum atomic E-state index is -1.03. The summed E-state index contributed by atoms with van der Waals surface area (Å²) in [6, 6.07) is 5.81. The lowest BCUT2D eigenvalue weighted by Gasteiger charge is -2.28. The van der Waals surface area contributed by atoms with Crippen LogP contribution in [0, 0.1) is 0 Å². The minimum Gasteiger partial charge on any atom is -0.478 e. The van der Waals surface area contributed by atoms with E-state index < -0.39 is 23.7 Å². The normalized spacial score (nSPS) is 17.6. The maximum absolute atomic E-state index is 12.6. The van der Waals surface area contributed by atoms with Gasteiger partial charge in [-0.1, -0.05) is 12.1 Å². The van der Waals surface area contributed by atoms with Gasteiger partial charge >= 0.3 is 12.1 Å². The average molecular weight is 333 g/mol. The third-order valence-electron chi connectivity index (χ3n) is 3.80. The van der Waals surface area contributed by atoms with Gasteiger partial charge in [0.1, 0.15) is 5.60 Å². The van der Waals surface area contributed by atoms with Crippen molar-refractivity contribution in [1.29, 1.82) is 0 Å². The molecule has 6 heteroatoms. The van der Waals surface area contributed by atoms with Crippen molar-refractivity contribution < 1.29 is 24.2 Å². The van der Waals surface area contributed by atoms with Crippen molar-refractivity contribution >= 4 is 17.8 Å². The van der Waals surface area contributed by atoms with Gasteiger partial charge < -0.3 is 9.84 Å². The minimum absolute atomic E-state index is 0.0964. The molecule has 1 aliphatic heterocycles. The second-order valence-electron chi connectivity index (χ2n) is 6.98. The van der Waals surface area contributed by atoms with Gasteiger partial charge in [-0.25, -0.2) is 9.59 Å². The number of Topliss-reactive ketones (excluding diaryl/α,β-unsaturated/α-hetero) is 1. The van der Waals surface area contributed by atoms with Crippen LogP contribution in [0.4, 0.5) is 4.79 Å². The number of likely N-dealkylation sites (tertiary alicyclic amines) is 1. The van der Waals surface area contributed by atoms with Crippen molar-refractivity contribution in [3.05, 3.63) is 35.4 Å². The average Bonchev–Trinajstić information content (AvgIpc) is 2.95. The number of rotatable bonds is 4. The molecule has 1 aromatic rings. The van der Waals surface area contributed by atoms with E-state index in [1.165, 1.54) is 17.0 Å². The lowest BCUT2D eigenvalue weighted by Crippen LogP contribution is -2.43. The third-order valence-corrected chi connectivity index (χ3v) is 3.80. The number of ketones is 1. The van der Waals surface area contributed by atoms with Crippen LogP contribution < -0.4 is 0 Å². The molecule has 2 rings (SSSR count). The van der Waals surface area contributed by atoms with E-state index in [9.17, 15) is 14.4 Å². The van der Waals surface area contributed by atoms with Crippen molar-refractivity contribution in [3.8, 4) is 0 Å². The largest absolute Gasteiger partial charge is 0.478 e. The Hall–Kier alpha value is -2.37. The fourth-order valence-electron chi connectivity index (χ4n) is 2.77. The molecule has 0 aromatic heterocycles. The van der Waals surface area contributed by atoms with Crippen LogP contribution in [-0.2, 0) is 16.0 Å². The summed E-state index contributed by atoms with van der Waals surface area (Å²) in [4.78, 5) is 37.3. The van der Waals surface area contributed by atoms with E-state index in [0.29, 0.717) is 18.5 Å². The van der Waals surface area contributed by atoms with Gasteiger partial charge in [-0.3, -0.25) is 9.69 Å². The Balaban J connectivity index is 2.07. The van der Waals surface area contributed by atoms with Gasteiger partial charge in [0.25, 0.3) is 0 Å². The van der Waals surface area contributed by atoms with Gasteiger partial charge in [-0.15, -0.1) is 0 Å². The van der Waals surface area contributed by atoms with Gasteiger partial charge in [0, 0.05) is 13.0 Å². The molecule has 0 spiro atoms. The number of hydrogen-bond donors (Lipinski definition) is 1. The smallest absolute Gasteiger partial charge is 0.410 e. The summed E-state index contributed by atoms with van der Waals surface area (Å²) < 4.78 is 5.36. The molecule has 1 aliphatic rings. The van der Waals surface area contributed by atoms with E-state index in [1.807, 2.05) is 0 Å². The highest BCUT2D eigenvalue weighted by Crippen LogP contribution is 2.23. The van der Waals surface area contributed by atoms with Crippen molar-refractivity contribution in [2.24, 2.45) is 0 Å². The molecule has 6 nitrogen and oxygen atoms in total. The summed E-state index contributed by atoms with van der Waals surface area (Å²) in [5.41, 5.74) is 0.176. The first kappa shape index (κ1) is 18.0. The summed E-state index contributed by atoms with van der Waals surface area (Å²) in [7, 11) is 0. The molecule has 1 heterocycles. The second kappa shape index (κ2) is 7.03. The standard InChI is InChI=1S/C18H23NO5/c1-18(2,3)24-17(23)19-9-5-8-14(19)15(20)11-12-6-4-7-13(10-12)16(21)22/h4,6-7,10,14H,5,8-9,11H2,1-3H3,(H,21,22)/t14-/m0/s1. The van der Waals surface area contributed by atoms with E-state index in [2.05, 4.69) is 0 Å². The Morgan fingerprint density at radius 1 is 1.29 bits per heavy atom. The molecular weight excluding hydrogens is 310 g/mol. The highest BCUT2D eigenvalue weighted by atomic mass is 16.6. The number of carboxylic acids is 1. The highest BCUT2D eigenvalue weighted by Gasteiger charge is 2.36. The number of carboxylic acid groups (broad SMARTS) is 1. The summed E-state index contributed by atoms with van der Waals surface area (Å²) >= 11 is 0. The predicted octanol–water partition coefficient (Wildman–Crippen LogP) is 2.90. The zero-order valence-electron chi connectivity index (χ0n) is 14.2. The maximum atomic E-state index is 12.6. The summed E-state index contributed by atoms with van der Waals surface area (Å²) in [5.74, 6) is -1.12. The number of amides is 1. The van der Waals surface area contributed by atoms with Crippen LogP contribution in [-0.4, -0.2) is 46.0 Å². The Morgan fingerprint density at radius 2 is 2.00 bits per heavy atom. The lowest BCUT2D eigenvalue weighted by atomic mass is 10.0. The molecule has 1 saturated heterocycles. The highest BCUT2D eigenvalue weighted by molar-refractivity contribution is 5.91. The maximum Gasteiger partial charge on any atom is 0.410 e. The molecule has 1 amide bonds.